The van der Waals surface area contributed by atoms with Gasteiger partial charge in [0.2, 0.25) is 0 Å². The number of hydrogen-bond donors (Lipinski definition) is 0. The summed E-state index contributed by atoms with van der Waals surface area (Å²) < 4.78 is 0. The molecule has 0 aromatic heterocycles. The van der Waals surface area contributed by atoms with Gasteiger partial charge in [-0.05, 0) is 61.1 Å². The Bertz CT molecular complexity index is 929. The summed E-state index contributed by atoms with van der Waals surface area (Å²) in [6, 6.07) is 15.3. The maximum Gasteiger partial charge on any atom is 0.185 e. The fraction of sp³-hybridized carbons (Fsp3) is 0.529. The van der Waals surface area contributed by atoms with E-state index in [2.05, 4.69) is 6.92 Å². The lowest BCUT2D eigenvalue weighted by molar-refractivity contribution is 0.101. The molecular weight excluding hydrogens is 472 g/mol. The van der Waals surface area contributed by atoms with E-state index in [0.717, 1.165) is 11.3 Å². The molecule has 2 nitrogen and oxygen atoms in total. The van der Waals surface area contributed by atoms with Gasteiger partial charge in [0.05, 0.1) is 0 Å². The molecule has 0 N–H and O–H groups in total. The molecule has 0 aliphatic heterocycles. The van der Waals surface area contributed by atoms with Gasteiger partial charge in [0.15, 0.2) is 11.6 Å². The van der Waals surface area contributed by atoms with Gasteiger partial charge < -0.3 is 0 Å². The number of carbonyl (C=O) groups is 2. The average Bonchev–Trinajstić information content (AvgIpc) is 2.92. The van der Waals surface area contributed by atoms with Gasteiger partial charge in [-0.2, -0.15) is 0 Å². The van der Waals surface area contributed by atoms with Crippen molar-refractivity contribution in [2.24, 2.45) is 0 Å². The molecular formula is C34H48O2S. The summed E-state index contributed by atoms with van der Waals surface area (Å²) in [5, 5.41) is 0. The first kappa shape index (κ1) is 31.1. The van der Waals surface area contributed by atoms with Crippen molar-refractivity contribution in [2.45, 2.75) is 115 Å². The maximum absolute atomic E-state index is 12.5. The van der Waals surface area contributed by atoms with Crippen molar-refractivity contribution in [3.05, 3.63) is 71.3 Å². The van der Waals surface area contributed by atoms with Crippen molar-refractivity contribution < 1.29 is 9.59 Å². The fourth-order valence-electron chi connectivity index (χ4n) is 4.51. The fourth-order valence-corrected chi connectivity index (χ4v) is 5.42. The molecule has 0 fully saturated rings. The summed E-state index contributed by atoms with van der Waals surface area (Å²) in [6.07, 6.45) is 24.3. The van der Waals surface area contributed by atoms with E-state index in [0.29, 0.717) is 11.1 Å². The number of unbranched alkanes of at least 4 members (excludes halogenated alkanes) is 14. The molecule has 37 heavy (non-hydrogen) atoms. The largest absolute Gasteiger partial charge is 0.295 e. The molecule has 0 saturated heterocycles. The Labute approximate surface area is 230 Å². The lowest BCUT2D eigenvalue weighted by Gasteiger charge is -2.04. The van der Waals surface area contributed by atoms with Gasteiger partial charge in [-0.1, -0.05) is 121 Å². The minimum absolute atomic E-state index is 0.0211. The standard InChI is InChI=1S/C34H48O2S/c1-3-4-5-6-7-8-9-10-11-12-13-14-15-16-17-27-37-33-24-22-31(23-25-33)34(36)26-21-30-19-18-20-32(28-30)29(2)35/h18-26,28H,3-17,27H2,1-2H3. The number of hydrogen-bond acceptors (Lipinski definition) is 3. The minimum Gasteiger partial charge on any atom is -0.295 e. The highest BCUT2D eigenvalue weighted by Crippen LogP contribution is 2.21. The van der Waals surface area contributed by atoms with E-state index in [9.17, 15) is 9.59 Å². The normalized spacial score (nSPS) is 11.3. The van der Waals surface area contributed by atoms with E-state index in [4.69, 9.17) is 0 Å². The summed E-state index contributed by atoms with van der Waals surface area (Å²) in [7, 11) is 0. The first-order chi connectivity index (χ1) is 18.1. The number of ketones is 2. The van der Waals surface area contributed by atoms with Crippen LogP contribution >= 0.6 is 11.8 Å². The van der Waals surface area contributed by atoms with Crippen LogP contribution in [0.1, 0.15) is 136 Å². The Morgan fingerprint density at radius 1 is 0.676 bits per heavy atom. The molecule has 0 aliphatic carbocycles. The lowest BCUT2D eigenvalue weighted by Crippen LogP contribution is -1.94. The first-order valence-electron chi connectivity index (χ1n) is 14.7. The van der Waals surface area contributed by atoms with Crippen LogP contribution in [0.3, 0.4) is 0 Å². The second-order valence-electron chi connectivity index (χ2n) is 10.2. The minimum atomic E-state index is -0.0211. The highest BCUT2D eigenvalue weighted by Gasteiger charge is 2.04. The quantitative estimate of drug-likeness (QED) is 0.0710. The van der Waals surface area contributed by atoms with Gasteiger partial charge >= 0.3 is 0 Å². The maximum atomic E-state index is 12.5. The molecule has 0 bridgehead atoms. The predicted octanol–water partition coefficient (Wildman–Crippen LogP) is 10.7. The van der Waals surface area contributed by atoms with E-state index < -0.39 is 0 Å². The molecule has 202 valence electrons. The number of Topliss-reactive ketones (excluding diaryl/α,β-unsaturated/α-hetero) is 1. The number of carbonyl (C=O) groups excluding carboxylic acids is 2. The lowest BCUT2D eigenvalue weighted by atomic mass is 10.0. The van der Waals surface area contributed by atoms with Crippen molar-refractivity contribution >= 4 is 29.4 Å². The number of allylic oxidation sites excluding steroid dienone is 1. The van der Waals surface area contributed by atoms with Gasteiger partial charge in [0.1, 0.15) is 0 Å². The topological polar surface area (TPSA) is 34.1 Å². The van der Waals surface area contributed by atoms with Crippen molar-refractivity contribution in [1.29, 1.82) is 0 Å². The summed E-state index contributed by atoms with van der Waals surface area (Å²) >= 11 is 1.88. The monoisotopic (exact) mass is 520 g/mol. The van der Waals surface area contributed by atoms with E-state index in [1.54, 1.807) is 25.1 Å². The molecule has 0 atom stereocenters. The van der Waals surface area contributed by atoms with Crippen LogP contribution in [0.5, 0.6) is 0 Å². The van der Waals surface area contributed by atoms with Crippen LogP contribution in [0.4, 0.5) is 0 Å². The predicted molar refractivity (Wildman–Crippen MR) is 162 cm³/mol. The molecule has 2 rings (SSSR count). The van der Waals surface area contributed by atoms with Gasteiger partial charge in [-0.25, -0.2) is 0 Å². The zero-order chi connectivity index (χ0) is 26.6. The highest BCUT2D eigenvalue weighted by molar-refractivity contribution is 7.99. The Hall–Kier alpha value is -2.13. The SMILES string of the molecule is CCCCCCCCCCCCCCCCCSc1ccc(C(=O)C=Cc2cccc(C(C)=O)c2)cc1. The molecule has 2 aromatic rings. The molecule has 3 heteroatoms. The van der Waals surface area contributed by atoms with Gasteiger partial charge in [-0.3, -0.25) is 9.59 Å². The van der Waals surface area contributed by atoms with Crippen LogP contribution in [0.25, 0.3) is 6.08 Å². The molecule has 0 spiro atoms. The number of thioether (sulfide) groups is 1. The Balaban J connectivity index is 1.50. The average molecular weight is 521 g/mol. The van der Waals surface area contributed by atoms with E-state index in [1.807, 2.05) is 54.2 Å². The summed E-state index contributed by atoms with van der Waals surface area (Å²) in [5.41, 5.74) is 2.21. The highest BCUT2D eigenvalue weighted by atomic mass is 32.2. The van der Waals surface area contributed by atoms with E-state index in [-0.39, 0.29) is 11.6 Å². The van der Waals surface area contributed by atoms with E-state index in [1.165, 1.54) is 101 Å². The van der Waals surface area contributed by atoms with Gasteiger partial charge in [-0.15, -0.1) is 11.8 Å². The van der Waals surface area contributed by atoms with Crippen molar-refractivity contribution in [3.63, 3.8) is 0 Å². The smallest absolute Gasteiger partial charge is 0.185 e. The van der Waals surface area contributed by atoms with Crippen LogP contribution in [0.15, 0.2) is 59.5 Å². The third-order valence-corrected chi connectivity index (χ3v) is 7.97. The summed E-state index contributed by atoms with van der Waals surface area (Å²) in [5.74, 6) is 1.14. The van der Waals surface area contributed by atoms with Crippen LogP contribution in [-0.2, 0) is 0 Å². The molecule has 0 heterocycles. The second kappa shape index (κ2) is 19.9. The first-order valence-corrected chi connectivity index (χ1v) is 15.6. The second-order valence-corrected chi connectivity index (χ2v) is 11.4. The Morgan fingerprint density at radius 2 is 1.22 bits per heavy atom. The van der Waals surface area contributed by atoms with Crippen LogP contribution in [0, 0.1) is 0 Å². The zero-order valence-corrected chi connectivity index (χ0v) is 24.1. The Morgan fingerprint density at radius 3 is 1.76 bits per heavy atom. The summed E-state index contributed by atoms with van der Waals surface area (Å²) in [6.45, 7) is 3.83. The molecule has 0 saturated carbocycles. The van der Waals surface area contributed by atoms with Gasteiger partial charge in [0, 0.05) is 16.0 Å². The van der Waals surface area contributed by atoms with Crippen molar-refractivity contribution in [3.8, 4) is 0 Å². The number of benzene rings is 2. The summed E-state index contributed by atoms with van der Waals surface area (Å²) in [4.78, 5) is 25.3. The third kappa shape index (κ3) is 14.4. The molecule has 0 aliphatic rings. The Kier molecular flexibility index (Phi) is 16.7. The third-order valence-electron chi connectivity index (χ3n) is 6.88. The zero-order valence-electron chi connectivity index (χ0n) is 23.3. The molecule has 0 amide bonds. The van der Waals surface area contributed by atoms with E-state index >= 15 is 0 Å². The molecule has 0 unspecified atom stereocenters. The number of rotatable bonds is 21. The van der Waals surface area contributed by atoms with Gasteiger partial charge in [0.25, 0.3) is 0 Å². The molecule has 0 radical (unpaired) electrons. The van der Waals surface area contributed by atoms with Crippen LogP contribution < -0.4 is 0 Å². The van der Waals surface area contributed by atoms with Crippen molar-refractivity contribution in [2.75, 3.05) is 5.75 Å². The molecule has 2 aromatic carbocycles. The van der Waals surface area contributed by atoms with Crippen LogP contribution in [-0.4, -0.2) is 17.3 Å². The van der Waals surface area contributed by atoms with Crippen LogP contribution in [0.2, 0.25) is 0 Å². The van der Waals surface area contributed by atoms with Crippen molar-refractivity contribution in [1.82, 2.24) is 0 Å².